The molecule has 0 aromatic rings. The predicted molar refractivity (Wildman–Crippen MR) is 192 cm³/mol. The molecule has 0 aliphatic carbocycles. The maximum atomic E-state index is 6.75. The Morgan fingerprint density at radius 2 is 1.13 bits per heavy atom. The van der Waals surface area contributed by atoms with Gasteiger partial charge in [0.05, 0.1) is 12.2 Å². The molecule has 0 aromatic heterocycles. The van der Waals surface area contributed by atoms with Crippen LogP contribution in [-0.4, -0.2) is 147 Å². The molecule has 2 aliphatic rings. The monoisotopic (exact) mass is 720 g/mol. The molecule has 5 atom stereocenters. The lowest BCUT2D eigenvalue weighted by molar-refractivity contribution is -0.0839. The highest BCUT2D eigenvalue weighted by molar-refractivity contribution is 6.67. The first-order chi connectivity index (χ1) is 22.1. The Kier molecular flexibility index (Phi) is 22.1. The van der Waals surface area contributed by atoms with Crippen molar-refractivity contribution < 1.29 is 36.7 Å². The van der Waals surface area contributed by atoms with Crippen LogP contribution < -0.4 is 0 Å². The highest BCUT2D eigenvalue weighted by Crippen LogP contribution is 2.27. The Bertz CT molecular complexity index is 772. The standard InChI is InChI=1S/C32H68N2O8Si4/c1-10-35-31(36-11-2)43-24-33-22-29(41-45(8,26-33)39-14-5)21-19-17-16-18-20-28(7)30-23-34(27-46(9,42-30)40-15-6)25-44-32(37-12-3)38-13-4/h28-32H,10-27H2,1-9H3. The molecule has 4 radical (unpaired) electrons. The minimum atomic E-state index is -2.25. The van der Waals surface area contributed by atoms with Crippen molar-refractivity contribution in [3.63, 3.8) is 0 Å². The van der Waals surface area contributed by atoms with Crippen molar-refractivity contribution in [1.29, 1.82) is 0 Å². The van der Waals surface area contributed by atoms with E-state index in [4.69, 9.17) is 36.7 Å². The number of ether oxygens (including phenoxy) is 4. The van der Waals surface area contributed by atoms with Gasteiger partial charge in [-0.3, -0.25) is 0 Å². The van der Waals surface area contributed by atoms with Crippen LogP contribution in [0.15, 0.2) is 0 Å². The van der Waals surface area contributed by atoms with Crippen LogP contribution in [0, 0.1) is 5.92 Å². The van der Waals surface area contributed by atoms with Crippen LogP contribution in [0.2, 0.25) is 13.1 Å². The molecule has 0 aromatic carbocycles. The van der Waals surface area contributed by atoms with E-state index in [1.807, 2.05) is 27.7 Å². The van der Waals surface area contributed by atoms with E-state index in [1.165, 1.54) is 32.1 Å². The number of nitrogens with zero attached hydrogens (tertiary/aromatic N) is 2. The first-order valence-electron chi connectivity index (χ1n) is 18.1. The van der Waals surface area contributed by atoms with Crippen molar-refractivity contribution >= 4 is 36.2 Å². The molecule has 2 fully saturated rings. The third kappa shape index (κ3) is 16.4. The average molecular weight is 721 g/mol. The van der Waals surface area contributed by atoms with E-state index in [0.29, 0.717) is 64.6 Å². The van der Waals surface area contributed by atoms with Crippen LogP contribution in [0.3, 0.4) is 0 Å². The molecular formula is C32H68N2O8Si4. The summed E-state index contributed by atoms with van der Waals surface area (Å²) < 4.78 is 49.2. The molecule has 0 spiro atoms. The Labute approximate surface area is 289 Å². The summed E-state index contributed by atoms with van der Waals surface area (Å²) in [4.78, 5) is 5.10. The fraction of sp³-hybridized carbons (Fsp3) is 1.00. The van der Waals surface area contributed by atoms with Crippen LogP contribution in [0.1, 0.15) is 87.0 Å². The summed E-state index contributed by atoms with van der Waals surface area (Å²) in [5, 5.41) is 0. The highest BCUT2D eigenvalue weighted by Gasteiger charge is 2.43. The molecule has 46 heavy (non-hydrogen) atoms. The number of hydrogen-bond acceptors (Lipinski definition) is 10. The summed E-state index contributed by atoms with van der Waals surface area (Å²) >= 11 is 0. The summed E-state index contributed by atoms with van der Waals surface area (Å²) in [6, 6.07) is 0. The van der Waals surface area contributed by atoms with Gasteiger partial charge in [0.25, 0.3) is 0 Å². The summed E-state index contributed by atoms with van der Waals surface area (Å²) in [7, 11) is -3.28. The molecule has 2 heterocycles. The Balaban J connectivity index is 1.80. The molecule has 10 nitrogen and oxygen atoms in total. The lowest BCUT2D eigenvalue weighted by atomic mass is 9.96. The third-order valence-corrected chi connectivity index (χ3v) is 16.5. The average Bonchev–Trinajstić information content (AvgIpc) is 3.00. The van der Waals surface area contributed by atoms with Crippen molar-refractivity contribution in [2.45, 2.75) is 124 Å². The van der Waals surface area contributed by atoms with Crippen LogP contribution in [0.25, 0.3) is 0 Å². The van der Waals surface area contributed by atoms with Crippen molar-refractivity contribution in [3.05, 3.63) is 0 Å². The first-order valence-corrected chi connectivity index (χ1v) is 25.8. The number of rotatable bonds is 26. The Hall–Kier alpha value is 0.468. The van der Waals surface area contributed by atoms with Gasteiger partial charge < -0.3 is 46.5 Å². The molecular weight excluding hydrogens is 653 g/mol. The van der Waals surface area contributed by atoms with Crippen LogP contribution in [0.4, 0.5) is 0 Å². The number of unbranched alkanes of at least 4 members (excludes halogenated alkanes) is 3. The number of hydrogen-bond donors (Lipinski definition) is 0. The lowest BCUT2D eigenvalue weighted by Crippen LogP contribution is -2.61. The smallest absolute Gasteiger partial charge is 0.349 e. The molecule has 14 heteroatoms. The zero-order valence-corrected chi connectivity index (χ0v) is 34.8. The van der Waals surface area contributed by atoms with Crippen LogP contribution >= 0.6 is 0 Å². The molecule has 2 rings (SSSR count). The van der Waals surface area contributed by atoms with E-state index < -0.39 is 17.1 Å². The Morgan fingerprint density at radius 1 is 0.652 bits per heavy atom. The second-order valence-corrected chi connectivity index (χ2v) is 21.3. The Morgan fingerprint density at radius 3 is 1.63 bits per heavy atom. The molecule has 270 valence electrons. The molecule has 0 N–H and O–H groups in total. The molecule has 2 aliphatic heterocycles. The highest BCUT2D eigenvalue weighted by atomic mass is 28.4. The summed E-state index contributed by atoms with van der Waals surface area (Å²) in [5.74, 6) is 0.281. The van der Waals surface area contributed by atoms with E-state index in [-0.39, 0.29) is 24.0 Å². The van der Waals surface area contributed by atoms with E-state index in [1.54, 1.807) is 0 Å². The van der Waals surface area contributed by atoms with Gasteiger partial charge in [-0.25, -0.2) is 0 Å². The molecule has 0 bridgehead atoms. The zero-order chi connectivity index (χ0) is 33.8. The van der Waals surface area contributed by atoms with Gasteiger partial charge in [0, 0.05) is 65.1 Å². The fourth-order valence-electron chi connectivity index (χ4n) is 6.49. The normalized spacial score (nSPS) is 27.2. The van der Waals surface area contributed by atoms with Crippen molar-refractivity contribution in [2.75, 3.05) is 77.4 Å². The van der Waals surface area contributed by atoms with Crippen molar-refractivity contribution in [1.82, 2.24) is 9.80 Å². The zero-order valence-electron chi connectivity index (χ0n) is 30.8. The minimum Gasteiger partial charge on any atom is -0.394 e. The van der Waals surface area contributed by atoms with E-state index in [2.05, 4.69) is 43.7 Å². The molecule has 0 amide bonds. The topological polar surface area (TPSA) is 80.3 Å². The summed E-state index contributed by atoms with van der Waals surface area (Å²) in [6.45, 7) is 25.2. The van der Waals surface area contributed by atoms with Gasteiger partial charge in [0.1, 0.15) is 30.9 Å². The summed E-state index contributed by atoms with van der Waals surface area (Å²) in [6.07, 6.45) is 11.4. The van der Waals surface area contributed by atoms with E-state index >= 15 is 0 Å². The van der Waals surface area contributed by atoms with Gasteiger partial charge in [-0.2, -0.15) is 0 Å². The van der Waals surface area contributed by atoms with Crippen molar-refractivity contribution in [2.24, 2.45) is 5.92 Å². The van der Waals surface area contributed by atoms with Crippen molar-refractivity contribution in [3.8, 4) is 0 Å². The van der Waals surface area contributed by atoms with Gasteiger partial charge in [-0.15, -0.1) is 0 Å². The largest absolute Gasteiger partial charge is 0.394 e. The maximum Gasteiger partial charge on any atom is 0.349 e. The second-order valence-electron chi connectivity index (χ2n) is 12.7. The predicted octanol–water partition coefficient (Wildman–Crippen LogP) is 4.70. The van der Waals surface area contributed by atoms with Gasteiger partial charge in [0.2, 0.25) is 0 Å². The van der Waals surface area contributed by atoms with Crippen LogP contribution in [-0.2, 0) is 36.7 Å². The molecule has 5 unspecified atom stereocenters. The van der Waals surface area contributed by atoms with Gasteiger partial charge in [-0.1, -0.05) is 32.6 Å². The SMILES string of the molecule is CCOC(OCC)[Si]CN1CC(CCCCCCC(C)C2CN(C[Si]C(OCC)OCC)C[Si](C)(OCC)O2)O[Si](C)(OCC)C1. The lowest BCUT2D eigenvalue weighted by Gasteiger charge is -2.44. The quantitative estimate of drug-likeness (QED) is 0.0714. The minimum absolute atomic E-state index is 0.107. The fourth-order valence-corrected chi connectivity index (χ4v) is 15.0. The first kappa shape index (κ1) is 42.6. The second kappa shape index (κ2) is 23.8. The molecule has 0 saturated carbocycles. The van der Waals surface area contributed by atoms with Gasteiger partial charge in [-0.05, 0) is 85.7 Å². The van der Waals surface area contributed by atoms with Gasteiger partial charge in [0.15, 0.2) is 0 Å². The maximum absolute atomic E-state index is 6.75. The van der Waals surface area contributed by atoms with E-state index in [9.17, 15) is 0 Å². The van der Waals surface area contributed by atoms with Crippen LogP contribution in [0.5, 0.6) is 0 Å². The molecule has 2 saturated heterocycles. The van der Waals surface area contributed by atoms with E-state index in [0.717, 1.165) is 44.2 Å². The third-order valence-electron chi connectivity index (χ3n) is 8.44. The van der Waals surface area contributed by atoms with Gasteiger partial charge >= 0.3 is 17.1 Å². The summed E-state index contributed by atoms with van der Waals surface area (Å²) in [5.41, 5.74) is 0.